The van der Waals surface area contributed by atoms with Gasteiger partial charge in [0.15, 0.2) is 0 Å². The van der Waals surface area contributed by atoms with E-state index in [4.69, 9.17) is 9.84 Å². The van der Waals surface area contributed by atoms with Crippen molar-refractivity contribution < 1.29 is 14.6 Å². The summed E-state index contributed by atoms with van der Waals surface area (Å²) in [4.78, 5) is 11.1. The van der Waals surface area contributed by atoms with Crippen LogP contribution in [0.2, 0.25) is 0 Å². The van der Waals surface area contributed by atoms with Gasteiger partial charge in [-0.15, -0.1) is 0 Å². The minimum atomic E-state index is -0.899. The predicted octanol–water partition coefficient (Wildman–Crippen LogP) is 3.05. The number of rotatable bonds is 3. The summed E-state index contributed by atoms with van der Waals surface area (Å²) in [6, 6.07) is 3.91. The van der Waals surface area contributed by atoms with Crippen molar-refractivity contribution in [3.05, 3.63) is 27.7 Å². The summed E-state index contributed by atoms with van der Waals surface area (Å²) >= 11 is 3.35. The number of carboxylic acids is 1. The molecule has 1 fully saturated rings. The van der Waals surface area contributed by atoms with Crippen LogP contribution >= 0.6 is 15.9 Å². The Morgan fingerprint density at radius 1 is 1.44 bits per heavy atom. The van der Waals surface area contributed by atoms with Gasteiger partial charge in [0.2, 0.25) is 0 Å². The number of benzene rings is 1. The second-order valence-electron chi connectivity index (χ2n) is 4.46. The van der Waals surface area contributed by atoms with Gasteiger partial charge in [-0.3, -0.25) is 0 Å². The largest absolute Gasteiger partial charge is 0.478 e. The lowest BCUT2D eigenvalue weighted by Crippen LogP contribution is -2.28. The van der Waals surface area contributed by atoms with Crippen molar-refractivity contribution in [2.75, 3.05) is 18.5 Å². The van der Waals surface area contributed by atoms with E-state index in [1.54, 1.807) is 6.07 Å². The minimum absolute atomic E-state index is 0.332. The highest BCUT2D eigenvalue weighted by Crippen LogP contribution is 2.27. The van der Waals surface area contributed by atoms with Crippen molar-refractivity contribution in [2.24, 2.45) is 0 Å². The van der Waals surface area contributed by atoms with E-state index in [9.17, 15) is 4.79 Å². The number of carboxylic acid groups (broad SMARTS) is 1. The molecule has 0 unspecified atom stereocenters. The SMILES string of the molecule is Cc1c(NC2CCOCC2)cc(Br)cc1C(=O)O. The molecule has 1 aromatic rings. The Kier molecular flexibility index (Phi) is 4.24. The van der Waals surface area contributed by atoms with Crippen molar-refractivity contribution in [1.29, 1.82) is 0 Å². The van der Waals surface area contributed by atoms with Crippen LogP contribution in [0.25, 0.3) is 0 Å². The summed E-state index contributed by atoms with van der Waals surface area (Å²) in [5.74, 6) is -0.899. The molecule has 0 atom stereocenters. The molecule has 1 aromatic carbocycles. The number of hydrogen-bond donors (Lipinski definition) is 2. The molecule has 0 aromatic heterocycles. The number of hydrogen-bond acceptors (Lipinski definition) is 3. The first-order valence-electron chi connectivity index (χ1n) is 5.95. The number of aromatic carboxylic acids is 1. The van der Waals surface area contributed by atoms with Crippen LogP contribution in [0.1, 0.15) is 28.8 Å². The molecular weight excluding hydrogens is 298 g/mol. The Hall–Kier alpha value is -1.07. The van der Waals surface area contributed by atoms with Gasteiger partial charge in [-0.1, -0.05) is 15.9 Å². The third kappa shape index (κ3) is 3.03. The van der Waals surface area contributed by atoms with E-state index in [-0.39, 0.29) is 0 Å². The Labute approximate surface area is 114 Å². The van der Waals surface area contributed by atoms with Crippen LogP contribution in [0.4, 0.5) is 5.69 Å². The van der Waals surface area contributed by atoms with Crippen LogP contribution in [-0.2, 0) is 4.74 Å². The number of anilines is 1. The van der Waals surface area contributed by atoms with E-state index in [1.807, 2.05) is 13.0 Å². The molecule has 0 spiro atoms. The van der Waals surface area contributed by atoms with Gasteiger partial charge in [0, 0.05) is 29.4 Å². The Balaban J connectivity index is 2.23. The van der Waals surface area contributed by atoms with E-state index in [0.717, 1.165) is 41.8 Å². The van der Waals surface area contributed by atoms with Gasteiger partial charge in [-0.25, -0.2) is 4.79 Å². The second kappa shape index (κ2) is 5.71. The number of nitrogens with one attached hydrogen (secondary N) is 1. The third-order valence-corrected chi connectivity index (χ3v) is 3.64. The molecule has 1 heterocycles. The first-order chi connectivity index (χ1) is 8.58. The highest BCUT2D eigenvalue weighted by atomic mass is 79.9. The van der Waals surface area contributed by atoms with Crippen LogP contribution in [0.15, 0.2) is 16.6 Å². The first kappa shape index (κ1) is 13.4. The Morgan fingerprint density at radius 3 is 2.72 bits per heavy atom. The van der Waals surface area contributed by atoms with Gasteiger partial charge in [-0.2, -0.15) is 0 Å². The van der Waals surface area contributed by atoms with Crippen LogP contribution in [0, 0.1) is 6.92 Å². The molecule has 1 aliphatic rings. The highest BCUT2D eigenvalue weighted by molar-refractivity contribution is 9.10. The average molecular weight is 314 g/mol. The van der Waals surface area contributed by atoms with Crippen molar-refractivity contribution in [3.63, 3.8) is 0 Å². The molecule has 0 amide bonds. The van der Waals surface area contributed by atoms with Crippen LogP contribution in [-0.4, -0.2) is 30.3 Å². The summed E-state index contributed by atoms with van der Waals surface area (Å²) in [5, 5.41) is 12.6. The van der Waals surface area contributed by atoms with E-state index in [2.05, 4.69) is 21.2 Å². The monoisotopic (exact) mass is 313 g/mol. The molecule has 1 aliphatic heterocycles. The molecule has 4 nitrogen and oxygen atoms in total. The normalized spacial score (nSPS) is 16.6. The fourth-order valence-electron chi connectivity index (χ4n) is 2.11. The standard InChI is InChI=1S/C13H16BrNO3/c1-8-11(13(16)17)6-9(14)7-12(8)15-10-2-4-18-5-3-10/h6-7,10,15H,2-5H2,1H3,(H,16,17). The van der Waals surface area contributed by atoms with E-state index >= 15 is 0 Å². The van der Waals surface area contributed by atoms with Gasteiger partial charge in [0.25, 0.3) is 0 Å². The van der Waals surface area contributed by atoms with E-state index in [0.29, 0.717) is 11.6 Å². The van der Waals surface area contributed by atoms with E-state index < -0.39 is 5.97 Å². The summed E-state index contributed by atoms with van der Waals surface area (Å²) in [5.41, 5.74) is 1.99. The molecule has 5 heteroatoms. The maximum Gasteiger partial charge on any atom is 0.336 e. The minimum Gasteiger partial charge on any atom is -0.478 e. The van der Waals surface area contributed by atoms with Crippen LogP contribution in [0.5, 0.6) is 0 Å². The summed E-state index contributed by atoms with van der Waals surface area (Å²) in [6.45, 7) is 3.35. The molecular formula is C13H16BrNO3. The first-order valence-corrected chi connectivity index (χ1v) is 6.75. The fraction of sp³-hybridized carbons (Fsp3) is 0.462. The molecule has 0 bridgehead atoms. The lowest BCUT2D eigenvalue weighted by Gasteiger charge is -2.25. The van der Waals surface area contributed by atoms with Gasteiger partial charge >= 0.3 is 5.97 Å². The number of carbonyl (C=O) groups is 1. The highest BCUT2D eigenvalue weighted by Gasteiger charge is 2.17. The zero-order chi connectivity index (χ0) is 13.1. The summed E-state index contributed by atoms with van der Waals surface area (Å²) in [7, 11) is 0. The fourth-order valence-corrected chi connectivity index (χ4v) is 2.57. The number of ether oxygens (including phenoxy) is 1. The van der Waals surface area contributed by atoms with Crippen molar-refractivity contribution >= 4 is 27.6 Å². The molecule has 98 valence electrons. The quantitative estimate of drug-likeness (QED) is 0.900. The lowest BCUT2D eigenvalue weighted by atomic mass is 10.0. The van der Waals surface area contributed by atoms with Crippen LogP contribution in [0.3, 0.4) is 0 Å². The van der Waals surface area contributed by atoms with Gasteiger partial charge in [0.05, 0.1) is 5.56 Å². The Morgan fingerprint density at radius 2 is 2.11 bits per heavy atom. The molecule has 2 rings (SSSR count). The summed E-state index contributed by atoms with van der Waals surface area (Å²) in [6.07, 6.45) is 1.91. The molecule has 2 N–H and O–H groups in total. The average Bonchev–Trinajstić information content (AvgIpc) is 2.34. The predicted molar refractivity (Wildman–Crippen MR) is 73.3 cm³/mol. The maximum atomic E-state index is 11.1. The molecule has 18 heavy (non-hydrogen) atoms. The second-order valence-corrected chi connectivity index (χ2v) is 5.38. The summed E-state index contributed by atoms with van der Waals surface area (Å²) < 4.78 is 6.09. The third-order valence-electron chi connectivity index (χ3n) is 3.18. The number of halogens is 1. The Bertz CT molecular complexity index is 456. The van der Waals surface area contributed by atoms with E-state index in [1.165, 1.54) is 0 Å². The molecule has 0 saturated carbocycles. The zero-order valence-electron chi connectivity index (χ0n) is 10.2. The lowest BCUT2D eigenvalue weighted by molar-refractivity contribution is 0.0696. The van der Waals surface area contributed by atoms with Gasteiger partial charge in [-0.05, 0) is 37.5 Å². The molecule has 1 saturated heterocycles. The molecule has 0 aliphatic carbocycles. The topological polar surface area (TPSA) is 58.6 Å². The molecule has 0 radical (unpaired) electrons. The smallest absolute Gasteiger partial charge is 0.336 e. The van der Waals surface area contributed by atoms with Crippen molar-refractivity contribution in [1.82, 2.24) is 0 Å². The zero-order valence-corrected chi connectivity index (χ0v) is 11.8. The van der Waals surface area contributed by atoms with Gasteiger partial charge in [0.1, 0.15) is 0 Å². The van der Waals surface area contributed by atoms with Crippen molar-refractivity contribution in [2.45, 2.75) is 25.8 Å². The van der Waals surface area contributed by atoms with Crippen molar-refractivity contribution in [3.8, 4) is 0 Å². The maximum absolute atomic E-state index is 11.1. The van der Waals surface area contributed by atoms with Crippen LogP contribution < -0.4 is 5.32 Å². The van der Waals surface area contributed by atoms with Gasteiger partial charge < -0.3 is 15.2 Å².